The maximum absolute atomic E-state index is 9.42. The molecule has 4 heteroatoms. The van der Waals surface area contributed by atoms with Crippen molar-refractivity contribution in [2.24, 2.45) is 11.8 Å². The molecule has 118 valence electrons. The Kier molecular flexibility index (Phi) is 5.46. The Morgan fingerprint density at radius 1 is 1.35 bits per heavy atom. The first-order valence-corrected chi connectivity index (χ1v) is 8.12. The first-order valence-electron chi connectivity index (χ1n) is 8.12. The number of hydrogen-bond acceptors (Lipinski definition) is 4. The SMILES string of the molecule is CNC1CCC(C)CC1CN1CC(CO)OC(C)(C)C1. The van der Waals surface area contributed by atoms with Gasteiger partial charge in [-0.05, 0) is 52.0 Å². The van der Waals surface area contributed by atoms with Crippen molar-refractivity contribution in [2.45, 2.75) is 57.8 Å². The lowest BCUT2D eigenvalue weighted by Gasteiger charge is -2.45. The summed E-state index contributed by atoms with van der Waals surface area (Å²) in [5, 5.41) is 12.9. The Bertz CT molecular complexity index is 309. The minimum Gasteiger partial charge on any atom is -0.394 e. The van der Waals surface area contributed by atoms with E-state index in [4.69, 9.17) is 4.74 Å². The standard InChI is InChI=1S/C16H32N2O2/c1-12-5-6-15(17-4)13(7-12)8-18-9-14(10-19)20-16(2,3)11-18/h12-15,17,19H,5-11H2,1-4H3. The Balaban J connectivity index is 1.96. The van der Waals surface area contributed by atoms with Gasteiger partial charge < -0.3 is 15.2 Å². The van der Waals surface area contributed by atoms with Gasteiger partial charge in [0.25, 0.3) is 0 Å². The van der Waals surface area contributed by atoms with E-state index < -0.39 is 0 Å². The summed E-state index contributed by atoms with van der Waals surface area (Å²) >= 11 is 0. The number of nitrogens with one attached hydrogen (secondary N) is 1. The van der Waals surface area contributed by atoms with Crippen molar-refractivity contribution >= 4 is 0 Å². The smallest absolute Gasteiger partial charge is 0.0940 e. The first kappa shape index (κ1) is 16.2. The molecule has 1 heterocycles. The van der Waals surface area contributed by atoms with Gasteiger partial charge in [0.15, 0.2) is 0 Å². The van der Waals surface area contributed by atoms with Crippen LogP contribution < -0.4 is 5.32 Å². The van der Waals surface area contributed by atoms with Crippen LogP contribution in [0.5, 0.6) is 0 Å². The summed E-state index contributed by atoms with van der Waals surface area (Å²) in [4.78, 5) is 2.50. The van der Waals surface area contributed by atoms with Gasteiger partial charge >= 0.3 is 0 Å². The van der Waals surface area contributed by atoms with Crippen LogP contribution in [0.4, 0.5) is 0 Å². The van der Waals surface area contributed by atoms with Gasteiger partial charge in [0.1, 0.15) is 0 Å². The highest BCUT2D eigenvalue weighted by atomic mass is 16.5. The van der Waals surface area contributed by atoms with Gasteiger partial charge in [-0.25, -0.2) is 0 Å². The topological polar surface area (TPSA) is 44.7 Å². The van der Waals surface area contributed by atoms with Crippen LogP contribution in [-0.4, -0.2) is 61.0 Å². The molecule has 4 atom stereocenters. The van der Waals surface area contributed by atoms with Crippen LogP contribution in [0.2, 0.25) is 0 Å². The van der Waals surface area contributed by atoms with Crippen molar-refractivity contribution in [3.63, 3.8) is 0 Å². The van der Waals surface area contributed by atoms with E-state index in [0.717, 1.165) is 31.5 Å². The first-order chi connectivity index (χ1) is 9.43. The summed E-state index contributed by atoms with van der Waals surface area (Å²) in [5.74, 6) is 1.56. The average molecular weight is 284 g/mol. The number of morpholine rings is 1. The molecule has 2 aliphatic rings. The molecule has 0 aromatic rings. The number of ether oxygens (including phenoxy) is 1. The third-order valence-corrected chi connectivity index (χ3v) is 4.86. The Morgan fingerprint density at radius 3 is 2.75 bits per heavy atom. The van der Waals surface area contributed by atoms with E-state index in [1.807, 2.05) is 0 Å². The van der Waals surface area contributed by atoms with Crippen LogP contribution in [0.1, 0.15) is 40.0 Å². The third-order valence-electron chi connectivity index (χ3n) is 4.86. The lowest BCUT2D eigenvalue weighted by molar-refractivity contribution is -0.152. The van der Waals surface area contributed by atoms with Crippen molar-refractivity contribution < 1.29 is 9.84 Å². The molecule has 1 saturated carbocycles. The minimum absolute atomic E-state index is 0.0344. The van der Waals surface area contributed by atoms with E-state index in [9.17, 15) is 5.11 Å². The van der Waals surface area contributed by atoms with Gasteiger partial charge in [-0.2, -0.15) is 0 Å². The molecule has 0 aromatic carbocycles. The number of nitrogens with zero attached hydrogens (tertiary/aromatic N) is 1. The van der Waals surface area contributed by atoms with Gasteiger partial charge in [-0.3, -0.25) is 4.90 Å². The molecular weight excluding hydrogens is 252 g/mol. The largest absolute Gasteiger partial charge is 0.394 e. The maximum atomic E-state index is 9.42. The van der Waals surface area contributed by atoms with Crippen molar-refractivity contribution in [1.82, 2.24) is 10.2 Å². The zero-order valence-corrected chi connectivity index (χ0v) is 13.6. The van der Waals surface area contributed by atoms with E-state index in [2.05, 4.69) is 38.0 Å². The molecule has 4 nitrogen and oxygen atoms in total. The quantitative estimate of drug-likeness (QED) is 0.821. The maximum Gasteiger partial charge on any atom is 0.0940 e. The van der Waals surface area contributed by atoms with Crippen LogP contribution in [0.25, 0.3) is 0 Å². The fourth-order valence-corrected chi connectivity index (χ4v) is 4.06. The Morgan fingerprint density at radius 2 is 2.10 bits per heavy atom. The van der Waals surface area contributed by atoms with E-state index in [1.54, 1.807) is 0 Å². The number of aliphatic hydroxyl groups is 1. The highest BCUT2D eigenvalue weighted by Crippen LogP contribution is 2.31. The van der Waals surface area contributed by atoms with E-state index in [0.29, 0.717) is 6.04 Å². The van der Waals surface area contributed by atoms with Crippen LogP contribution >= 0.6 is 0 Å². The molecule has 4 unspecified atom stereocenters. The highest BCUT2D eigenvalue weighted by Gasteiger charge is 2.36. The second kappa shape index (κ2) is 6.73. The molecule has 0 radical (unpaired) electrons. The fourth-order valence-electron chi connectivity index (χ4n) is 4.06. The number of aliphatic hydroxyl groups excluding tert-OH is 1. The summed E-state index contributed by atoms with van der Waals surface area (Å²) in [7, 11) is 2.09. The molecule has 2 rings (SSSR count). The fraction of sp³-hybridized carbons (Fsp3) is 1.00. The summed E-state index contributed by atoms with van der Waals surface area (Å²) < 4.78 is 5.91. The molecule has 0 amide bonds. The number of hydrogen-bond donors (Lipinski definition) is 2. The molecular formula is C16H32N2O2. The van der Waals surface area contributed by atoms with Crippen LogP contribution in [0.3, 0.4) is 0 Å². The van der Waals surface area contributed by atoms with Crippen LogP contribution in [-0.2, 0) is 4.74 Å². The van der Waals surface area contributed by atoms with Gasteiger partial charge in [-0.15, -0.1) is 0 Å². The molecule has 1 saturated heterocycles. The second-order valence-electron chi connectivity index (χ2n) is 7.45. The zero-order chi connectivity index (χ0) is 14.8. The molecule has 1 aliphatic heterocycles. The summed E-state index contributed by atoms with van der Waals surface area (Å²) in [5.41, 5.74) is -0.152. The van der Waals surface area contributed by atoms with Crippen molar-refractivity contribution in [3.8, 4) is 0 Å². The molecule has 20 heavy (non-hydrogen) atoms. The monoisotopic (exact) mass is 284 g/mol. The van der Waals surface area contributed by atoms with Gasteiger partial charge in [-0.1, -0.05) is 6.92 Å². The highest BCUT2D eigenvalue weighted by molar-refractivity contribution is 4.89. The van der Waals surface area contributed by atoms with Gasteiger partial charge in [0.2, 0.25) is 0 Å². The van der Waals surface area contributed by atoms with E-state index >= 15 is 0 Å². The van der Waals surface area contributed by atoms with E-state index in [-0.39, 0.29) is 18.3 Å². The molecule has 1 aliphatic carbocycles. The lowest BCUT2D eigenvalue weighted by Crippen LogP contribution is -2.56. The predicted octanol–water partition coefficient (Wildman–Crippen LogP) is 1.48. The number of rotatable bonds is 4. The lowest BCUT2D eigenvalue weighted by atomic mass is 9.78. The van der Waals surface area contributed by atoms with Gasteiger partial charge in [0.05, 0.1) is 18.3 Å². The zero-order valence-electron chi connectivity index (χ0n) is 13.6. The molecule has 0 bridgehead atoms. The predicted molar refractivity (Wildman–Crippen MR) is 81.8 cm³/mol. The normalized spacial score (nSPS) is 38.9. The van der Waals surface area contributed by atoms with Crippen LogP contribution in [0.15, 0.2) is 0 Å². The summed E-state index contributed by atoms with van der Waals surface area (Å²) in [6, 6.07) is 0.643. The Hall–Kier alpha value is -0.160. The third kappa shape index (κ3) is 4.17. The molecule has 2 N–H and O–H groups in total. The second-order valence-corrected chi connectivity index (χ2v) is 7.45. The van der Waals surface area contributed by atoms with Crippen molar-refractivity contribution in [2.75, 3.05) is 33.3 Å². The molecule has 2 fully saturated rings. The minimum atomic E-state index is -0.152. The molecule has 0 aromatic heterocycles. The van der Waals surface area contributed by atoms with Crippen molar-refractivity contribution in [3.05, 3.63) is 0 Å². The van der Waals surface area contributed by atoms with E-state index in [1.165, 1.54) is 19.3 Å². The van der Waals surface area contributed by atoms with Crippen molar-refractivity contribution in [1.29, 1.82) is 0 Å². The Labute approximate surface area is 123 Å². The van der Waals surface area contributed by atoms with Crippen LogP contribution in [0, 0.1) is 11.8 Å². The average Bonchev–Trinajstić information content (AvgIpc) is 2.37. The summed E-state index contributed by atoms with van der Waals surface area (Å²) in [6.07, 6.45) is 3.91. The summed E-state index contributed by atoms with van der Waals surface area (Å²) in [6.45, 7) is 9.70. The van der Waals surface area contributed by atoms with Gasteiger partial charge in [0, 0.05) is 25.7 Å². The molecule has 0 spiro atoms.